The van der Waals surface area contributed by atoms with Gasteiger partial charge in [-0.05, 0) is 34.7 Å². The number of rotatable bonds is 3. The van der Waals surface area contributed by atoms with E-state index in [-0.39, 0.29) is 5.91 Å². The first kappa shape index (κ1) is 13.0. The number of nitrogens with two attached hydrogens (primary N) is 1. The van der Waals surface area contributed by atoms with E-state index in [0.29, 0.717) is 5.56 Å². The van der Waals surface area contributed by atoms with Crippen LogP contribution in [0, 0.1) is 3.57 Å². The van der Waals surface area contributed by atoms with E-state index in [2.05, 4.69) is 33.0 Å². The van der Waals surface area contributed by atoms with E-state index in [4.69, 9.17) is 5.73 Å². The molecule has 0 saturated carbocycles. The largest absolute Gasteiger partial charge is 0.323 e. The number of amides is 1. The molecular formula is C12H13IN4O. The van der Waals surface area contributed by atoms with Crippen LogP contribution in [-0.4, -0.2) is 15.7 Å². The Balaban J connectivity index is 2.11. The molecule has 0 radical (unpaired) electrons. The van der Waals surface area contributed by atoms with Crippen molar-refractivity contribution < 1.29 is 4.79 Å². The van der Waals surface area contributed by atoms with Gasteiger partial charge in [0.1, 0.15) is 6.04 Å². The van der Waals surface area contributed by atoms with Crippen molar-refractivity contribution in [2.45, 2.75) is 6.04 Å². The molecule has 3 N–H and O–H groups in total. The number of carbonyl (C=O) groups excluding carboxylic acids is 1. The summed E-state index contributed by atoms with van der Waals surface area (Å²) >= 11 is 2.16. The molecule has 0 aliphatic rings. The number of halogens is 1. The third-order valence-electron chi connectivity index (χ3n) is 2.50. The van der Waals surface area contributed by atoms with Crippen LogP contribution in [0.5, 0.6) is 0 Å². The Hall–Kier alpha value is -1.41. The molecule has 2 aromatic rings. The average Bonchev–Trinajstić information content (AvgIpc) is 2.78. The molecule has 94 valence electrons. The van der Waals surface area contributed by atoms with Crippen molar-refractivity contribution in [3.05, 3.63) is 45.8 Å². The smallest absolute Gasteiger partial charge is 0.246 e. The van der Waals surface area contributed by atoms with Gasteiger partial charge in [0, 0.05) is 22.4 Å². The number of hydrogen-bond donors (Lipinski definition) is 2. The van der Waals surface area contributed by atoms with Crippen molar-refractivity contribution in [2.75, 3.05) is 5.32 Å². The first-order chi connectivity index (χ1) is 8.58. The lowest BCUT2D eigenvalue weighted by atomic mass is 10.1. The van der Waals surface area contributed by atoms with Crippen LogP contribution >= 0.6 is 22.6 Å². The Labute approximate surface area is 119 Å². The van der Waals surface area contributed by atoms with Gasteiger partial charge in [0.2, 0.25) is 5.91 Å². The first-order valence-corrected chi connectivity index (χ1v) is 6.45. The summed E-state index contributed by atoms with van der Waals surface area (Å²) in [5.74, 6) is -0.243. The van der Waals surface area contributed by atoms with Gasteiger partial charge in [0.25, 0.3) is 0 Å². The van der Waals surface area contributed by atoms with Gasteiger partial charge in [-0.3, -0.25) is 9.48 Å². The summed E-state index contributed by atoms with van der Waals surface area (Å²) in [5.41, 5.74) is 7.34. The highest BCUT2D eigenvalue weighted by Gasteiger charge is 2.17. The van der Waals surface area contributed by atoms with E-state index in [1.807, 2.05) is 24.3 Å². The number of nitrogens with zero attached hydrogens (tertiary/aromatic N) is 2. The van der Waals surface area contributed by atoms with Crippen molar-refractivity contribution in [3.8, 4) is 0 Å². The summed E-state index contributed by atoms with van der Waals surface area (Å²) in [4.78, 5) is 12.0. The van der Waals surface area contributed by atoms with E-state index >= 15 is 0 Å². The Bertz CT molecular complexity index is 567. The summed E-state index contributed by atoms with van der Waals surface area (Å²) in [6, 6.07) is 6.84. The lowest BCUT2D eigenvalue weighted by Gasteiger charge is -2.11. The fraction of sp³-hybridized carbons (Fsp3) is 0.167. The normalized spacial score (nSPS) is 12.2. The SMILES string of the molecule is Cn1cc(C(N)C(=O)Nc2ccccc2I)cn1. The van der Waals surface area contributed by atoms with E-state index in [0.717, 1.165) is 9.26 Å². The Morgan fingerprint density at radius 2 is 2.22 bits per heavy atom. The van der Waals surface area contributed by atoms with Gasteiger partial charge in [0.05, 0.1) is 11.9 Å². The lowest BCUT2D eigenvalue weighted by Crippen LogP contribution is -2.27. The minimum Gasteiger partial charge on any atom is -0.323 e. The summed E-state index contributed by atoms with van der Waals surface area (Å²) in [7, 11) is 1.79. The fourth-order valence-corrected chi connectivity index (χ4v) is 2.05. The molecule has 0 saturated heterocycles. The molecule has 18 heavy (non-hydrogen) atoms. The van der Waals surface area contributed by atoms with E-state index in [1.165, 1.54) is 0 Å². The van der Waals surface area contributed by atoms with Gasteiger partial charge in [0.15, 0.2) is 0 Å². The second-order valence-corrected chi connectivity index (χ2v) is 5.06. The zero-order chi connectivity index (χ0) is 13.1. The molecule has 1 aromatic heterocycles. The second kappa shape index (κ2) is 5.49. The maximum atomic E-state index is 12.0. The summed E-state index contributed by atoms with van der Waals surface area (Å²) in [5, 5.41) is 6.81. The molecule has 1 atom stereocenters. The minimum atomic E-state index is -0.713. The van der Waals surface area contributed by atoms with Crippen molar-refractivity contribution in [1.82, 2.24) is 9.78 Å². The fourth-order valence-electron chi connectivity index (χ4n) is 1.53. The second-order valence-electron chi connectivity index (χ2n) is 3.89. The van der Waals surface area contributed by atoms with Crippen molar-refractivity contribution in [2.24, 2.45) is 12.8 Å². The standard InChI is InChI=1S/C12H13IN4O/c1-17-7-8(6-15-17)11(14)12(18)16-10-5-3-2-4-9(10)13/h2-7,11H,14H2,1H3,(H,16,18). The van der Waals surface area contributed by atoms with Crippen LogP contribution in [0.2, 0.25) is 0 Å². The number of aromatic nitrogens is 2. The van der Waals surface area contributed by atoms with Crippen LogP contribution in [0.1, 0.15) is 11.6 Å². The lowest BCUT2D eigenvalue weighted by molar-refractivity contribution is -0.117. The van der Waals surface area contributed by atoms with Crippen molar-refractivity contribution in [1.29, 1.82) is 0 Å². The highest BCUT2D eigenvalue weighted by atomic mass is 127. The van der Waals surface area contributed by atoms with E-state index in [9.17, 15) is 4.79 Å². The number of hydrogen-bond acceptors (Lipinski definition) is 3. The van der Waals surface area contributed by atoms with Crippen LogP contribution in [0.4, 0.5) is 5.69 Å². The maximum absolute atomic E-state index is 12.0. The Morgan fingerprint density at radius 3 is 2.83 bits per heavy atom. The molecule has 5 nitrogen and oxygen atoms in total. The van der Waals surface area contributed by atoms with E-state index < -0.39 is 6.04 Å². The number of para-hydroxylation sites is 1. The van der Waals surface area contributed by atoms with Crippen molar-refractivity contribution >= 4 is 34.2 Å². The molecule has 1 aromatic carbocycles. The number of aryl methyl sites for hydroxylation is 1. The van der Waals surface area contributed by atoms with Crippen LogP contribution in [0.3, 0.4) is 0 Å². The third kappa shape index (κ3) is 2.88. The van der Waals surface area contributed by atoms with Crippen LogP contribution < -0.4 is 11.1 Å². The van der Waals surface area contributed by atoms with Gasteiger partial charge in [-0.1, -0.05) is 12.1 Å². The van der Waals surface area contributed by atoms with Gasteiger partial charge in [-0.15, -0.1) is 0 Å². The molecule has 0 spiro atoms. The van der Waals surface area contributed by atoms with Gasteiger partial charge >= 0.3 is 0 Å². The molecule has 2 rings (SSSR count). The number of carbonyl (C=O) groups is 1. The predicted molar refractivity (Wildman–Crippen MR) is 77.9 cm³/mol. The highest BCUT2D eigenvalue weighted by molar-refractivity contribution is 14.1. The van der Waals surface area contributed by atoms with E-state index in [1.54, 1.807) is 24.1 Å². The minimum absolute atomic E-state index is 0.243. The number of nitrogens with one attached hydrogen (secondary N) is 1. The number of anilines is 1. The highest BCUT2D eigenvalue weighted by Crippen LogP contribution is 2.19. The van der Waals surface area contributed by atoms with Gasteiger partial charge in [-0.2, -0.15) is 5.10 Å². The Morgan fingerprint density at radius 1 is 1.50 bits per heavy atom. The molecule has 0 fully saturated rings. The van der Waals surface area contributed by atoms with Crippen LogP contribution in [-0.2, 0) is 11.8 Å². The third-order valence-corrected chi connectivity index (χ3v) is 3.44. The van der Waals surface area contributed by atoms with Crippen LogP contribution in [0.25, 0.3) is 0 Å². The summed E-state index contributed by atoms with van der Waals surface area (Å²) in [6.07, 6.45) is 3.33. The zero-order valence-electron chi connectivity index (χ0n) is 9.80. The summed E-state index contributed by atoms with van der Waals surface area (Å²) in [6.45, 7) is 0. The first-order valence-electron chi connectivity index (χ1n) is 5.37. The molecule has 6 heteroatoms. The number of benzene rings is 1. The quantitative estimate of drug-likeness (QED) is 0.822. The van der Waals surface area contributed by atoms with Crippen LogP contribution in [0.15, 0.2) is 36.7 Å². The molecule has 1 unspecified atom stereocenters. The molecule has 0 bridgehead atoms. The molecule has 0 aliphatic heterocycles. The molecule has 0 aliphatic carbocycles. The molecule has 1 amide bonds. The van der Waals surface area contributed by atoms with Crippen molar-refractivity contribution in [3.63, 3.8) is 0 Å². The Kier molecular flexibility index (Phi) is 3.97. The average molecular weight is 356 g/mol. The molecular weight excluding hydrogens is 343 g/mol. The maximum Gasteiger partial charge on any atom is 0.246 e. The summed E-state index contributed by atoms with van der Waals surface area (Å²) < 4.78 is 2.59. The molecule has 1 heterocycles. The van der Waals surface area contributed by atoms with Gasteiger partial charge in [-0.25, -0.2) is 0 Å². The monoisotopic (exact) mass is 356 g/mol. The topological polar surface area (TPSA) is 72.9 Å². The zero-order valence-corrected chi connectivity index (χ0v) is 12.0. The van der Waals surface area contributed by atoms with Gasteiger partial charge < -0.3 is 11.1 Å². The predicted octanol–water partition coefficient (Wildman–Crippen LogP) is 1.66.